The summed E-state index contributed by atoms with van der Waals surface area (Å²) in [6.07, 6.45) is 14.9. The SMILES string of the molecule is CCCCCCCCCc1ccc(C(=O)Oc2ccc(OCCCCCCC)c(F)c2F)cc1. The number of unbranched alkanes of at least 4 members (excludes halogenated alkanes) is 10. The zero-order valence-corrected chi connectivity index (χ0v) is 20.8. The first-order chi connectivity index (χ1) is 16.6. The van der Waals surface area contributed by atoms with E-state index >= 15 is 0 Å². The Balaban J connectivity index is 1.80. The summed E-state index contributed by atoms with van der Waals surface area (Å²) in [6, 6.07) is 9.66. The van der Waals surface area contributed by atoms with Crippen LogP contribution in [-0.4, -0.2) is 12.6 Å². The molecule has 0 bridgehead atoms. The Labute approximate surface area is 203 Å². The minimum atomic E-state index is -1.22. The lowest BCUT2D eigenvalue weighted by Crippen LogP contribution is -2.10. The van der Waals surface area contributed by atoms with Crippen LogP contribution in [0.15, 0.2) is 36.4 Å². The lowest BCUT2D eigenvalue weighted by molar-refractivity contribution is 0.0726. The molecule has 0 aromatic heterocycles. The van der Waals surface area contributed by atoms with Crippen molar-refractivity contribution >= 4 is 5.97 Å². The predicted octanol–water partition coefficient (Wildman–Crippen LogP) is 8.83. The van der Waals surface area contributed by atoms with Gasteiger partial charge in [0.15, 0.2) is 11.5 Å². The number of hydrogen-bond acceptors (Lipinski definition) is 3. The third-order valence-corrected chi connectivity index (χ3v) is 5.98. The van der Waals surface area contributed by atoms with E-state index in [9.17, 15) is 13.6 Å². The standard InChI is InChI=1S/C29H40F2O3/c1-3-5-7-9-10-11-13-15-23-16-18-24(19-17-23)29(32)34-26-21-20-25(27(30)28(26)31)33-22-14-12-8-6-4-2/h16-21H,3-15,22H2,1-2H3. The first kappa shape index (κ1) is 27.8. The van der Waals surface area contributed by atoms with Crippen LogP contribution in [0.25, 0.3) is 0 Å². The summed E-state index contributed by atoms with van der Waals surface area (Å²) < 4.78 is 39.2. The van der Waals surface area contributed by atoms with Crippen LogP contribution in [0.4, 0.5) is 8.78 Å². The lowest BCUT2D eigenvalue weighted by atomic mass is 10.0. The average molecular weight is 475 g/mol. The molecule has 2 aromatic rings. The Morgan fingerprint density at radius 1 is 0.676 bits per heavy atom. The van der Waals surface area contributed by atoms with E-state index in [1.807, 2.05) is 12.1 Å². The smallest absolute Gasteiger partial charge is 0.343 e. The maximum atomic E-state index is 14.4. The Morgan fingerprint density at radius 2 is 1.21 bits per heavy atom. The van der Waals surface area contributed by atoms with E-state index in [0.29, 0.717) is 12.2 Å². The summed E-state index contributed by atoms with van der Waals surface area (Å²) in [5.41, 5.74) is 1.45. The molecule has 0 saturated carbocycles. The Hall–Kier alpha value is -2.43. The first-order valence-electron chi connectivity index (χ1n) is 13.0. The number of ether oxygens (including phenoxy) is 2. The summed E-state index contributed by atoms with van der Waals surface area (Å²) in [4.78, 5) is 12.4. The number of carbonyl (C=O) groups is 1. The van der Waals surface area contributed by atoms with E-state index in [2.05, 4.69) is 13.8 Å². The van der Waals surface area contributed by atoms with Crippen molar-refractivity contribution < 1.29 is 23.0 Å². The van der Waals surface area contributed by atoms with Crippen molar-refractivity contribution in [3.8, 4) is 11.5 Å². The zero-order valence-electron chi connectivity index (χ0n) is 20.8. The van der Waals surface area contributed by atoms with Gasteiger partial charge in [0.1, 0.15) is 0 Å². The quantitative estimate of drug-likeness (QED) is 0.130. The molecule has 0 atom stereocenters. The molecule has 34 heavy (non-hydrogen) atoms. The van der Waals surface area contributed by atoms with Crippen LogP contribution in [-0.2, 0) is 6.42 Å². The third-order valence-electron chi connectivity index (χ3n) is 5.98. The molecule has 0 unspecified atom stereocenters. The molecule has 0 aliphatic carbocycles. The van der Waals surface area contributed by atoms with Crippen molar-refractivity contribution in [1.82, 2.24) is 0 Å². The molecule has 0 aliphatic rings. The van der Waals surface area contributed by atoms with Gasteiger partial charge < -0.3 is 9.47 Å². The zero-order chi connectivity index (χ0) is 24.6. The molecule has 0 heterocycles. The molecule has 0 fully saturated rings. The summed E-state index contributed by atoms with van der Waals surface area (Å²) >= 11 is 0. The number of aryl methyl sites for hydroxylation is 1. The molecule has 0 radical (unpaired) electrons. The highest BCUT2D eigenvalue weighted by Gasteiger charge is 2.19. The Bertz CT molecular complexity index is 849. The highest BCUT2D eigenvalue weighted by Crippen LogP contribution is 2.28. The van der Waals surface area contributed by atoms with Crippen LogP contribution in [0.2, 0.25) is 0 Å². The van der Waals surface area contributed by atoms with Crippen LogP contribution in [0.1, 0.15) is 107 Å². The van der Waals surface area contributed by atoms with Gasteiger partial charge in [-0.25, -0.2) is 4.79 Å². The van der Waals surface area contributed by atoms with Gasteiger partial charge in [-0.3, -0.25) is 0 Å². The molecule has 0 spiro atoms. The van der Waals surface area contributed by atoms with Crippen LogP contribution < -0.4 is 9.47 Å². The van der Waals surface area contributed by atoms with Gasteiger partial charge in [0.25, 0.3) is 0 Å². The van der Waals surface area contributed by atoms with E-state index in [0.717, 1.165) is 50.5 Å². The summed E-state index contributed by atoms with van der Waals surface area (Å²) in [6.45, 7) is 4.68. The molecule has 2 rings (SSSR count). The summed E-state index contributed by atoms with van der Waals surface area (Å²) in [7, 11) is 0. The van der Waals surface area contributed by atoms with Gasteiger partial charge in [0.2, 0.25) is 11.6 Å². The fourth-order valence-electron chi connectivity index (χ4n) is 3.84. The lowest BCUT2D eigenvalue weighted by Gasteiger charge is -2.11. The van der Waals surface area contributed by atoms with Gasteiger partial charge in [0.05, 0.1) is 12.2 Å². The van der Waals surface area contributed by atoms with Gasteiger partial charge in [-0.2, -0.15) is 8.78 Å². The molecule has 0 N–H and O–H groups in total. The fraction of sp³-hybridized carbons (Fsp3) is 0.552. The Kier molecular flexibility index (Phi) is 13.3. The highest BCUT2D eigenvalue weighted by atomic mass is 19.2. The minimum absolute atomic E-state index is 0.164. The Morgan fingerprint density at radius 3 is 1.85 bits per heavy atom. The number of hydrogen-bond donors (Lipinski definition) is 0. The molecule has 0 aliphatic heterocycles. The van der Waals surface area contributed by atoms with Gasteiger partial charge in [-0.1, -0.05) is 90.2 Å². The predicted molar refractivity (Wildman–Crippen MR) is 134 cm³/mol. The van der Waals surface area contributed by atoms with Crippen molar-refractivity contribution in [3.05, 3.63) is 59.2 Å². The topological polar surface area (TPSA) is 35.5 Å². The third kappa shape index (κ3) is 9.82. The van der Waals surface area contributed by atoms with Crippen molar-refractivity contribution in [3.63, 3.8) is 0 Å². The van der Waals surface area contributed by atoms with E-state index in [1.54, 1.807) is 12.1 Å². The molecule has 2 aromatic carbocycles. The molecule has 188 valence electrons. The van der Waals surface area contributed by atoms with Crippen LogP contribution >= 0.6 is 0 Å². The second-order valence-electron chi connectivity index (χ2n) is 8.91. The normalized spacial score (nSPS) is 10.9. The maximum absolute atomic E-state index is 14.4. The van der Waals surface area contributed by atoms with E-state index in [1.165, 1.54) is 50.7 Å². The van der Waals surface area contributed by atoms with Crippen molar-refractivity contribution in [1.29, 1.82) is 0 Å². The maximum Gasteiger partial charge on any atom is 0.343 e. The number of halogens is 2. The monoisotopic (exact) mass is 474 g/mol. The van der Waals surface area contributed by atoms with Crippen LogP contribution in [0.3, 0.4) is 0 Å². The second-order valence-corrected chi connectivity index (χ2v) is 8.91. The molecular formula is C29H40F2O3. The van der Waals surface area contributed by atoms with Crippen molar-refractivity contribution in [2.75, 3.05) is 6.61 Å². The van der Waals surface area contributed by atoms with Gasteiger partial charge >= 0.3 is 5.97 Å². The largest absolute Gasteiger partial charge is 0.490 e. The molecule has 5 heteroatoms. The second kappa shape index (κ2) is 16.2. The average Bonchev–Trinajstić information content (AvgIpc) is 2.85. The highest BCUT2D eigenvalue weighted by molar-refractivity contribution is 5.91. The van der Waals surface area contributed by atoms with Crippen LogP contribution in [0.5, 0.6) is 11.5 Å². The number of esters is 1. The van der Waals surface area contributed by atoms with Crippen molar-refractivity contribution in [2.45, 2.75) is 97.3 Å². The minimum Gasteiger partial charge on any atom is -0.490 e. The van der Waals surface area contributed by atoms with E-state index in [4.69, 9.17) is 9.47 Å². The summed E-state index contributed by atoms with van der Waals surface area (Å²) in [5, 5.41) is 0. The number of rotatable bonds is 17. The van der Waals surface area contributed by atoms with E-state index < -0.39 is 23.4 Å². The summed E-state index contributed by atoms with van der Waals surface area (Å²) in [5.74, 6) is -3.67. The van der Waals surface area contributed by atoms with Gasteiger partial charge in [0, 0.05) is 0 Å². The molecule has 0 saturated heterocycles. The number of carbonyl (C=O) groups excluding carboxylic acids is 1. The molecule has 3 nitrogen and oxygen atoms in total. The van der Waals surface area contributed by atoms with Gasteiger partial charge in [-0.05, 0) is 49.1 Å². The van der Waals surface area contributed by atoms with Crippen molar-refractivity contribution in [2.24, 2.45) is 0 Å². The fourth-order valence-corrected chi connectivity index (χ4v) is 3.84. The molecule has 0 amide bonds. The molecular weight excluding hydrogens is 434 g/mol. The van der Waals surface area contributed by atoms with Gasteiger partial charge in [-0.15, -0.1) is 0 Å². The van der Waals surface area contributed by atoms with Crippen LogP contribution in [0, 0.1) is 11.6 Å². The number of benzene rings is 2. The van der Waals surface area contributed by atoms with E-state index in [-0.39, 0.29) is 5.75 Å². The first-order valence-corrected chi connectivity index (χ1v) is 13.0.